The van der Waals surface area contributed by atoms with Gasteiger partial charge in [-0.25, -0.2) is 0 Å². The number of ether oxygens (including phenoxy) is 3. The molecule has 0 aromatic rings. The standard InChI is InChI=1S/C65H108O6/c1-4-7-10-13-16-19-22-25-28-30-32-34-37-40-43-46-49-52-55-58-64(67)70-61-62(60-69-63(66)57-54-51-48-45-42-39-36-27-24-21-18-15-12-9-6-3)71-65(68)59-56-53-50-47-44-41-38-35-33-31-29-26-23-20-17-14-11-8-5-2/h7-8,10-11,16-17,19-21,24-26,28-29,32-35,62H,4-6,9,12-15,18,22-23,27,30-31,36-61H2,1-3H3/b10-7-,11-8-,19-16-,20-17-,24-21-,28-25-,29-26-,34-32-,35-33-. The van der Waals surface area contributed by atoms with Crippen LogP contribution in [-0.2, 0) is 28.6 Å². The van der Waals surface area contributed by atoms with Gasteiger partial charge in [-0.2, -0.15) is 0 Å². The van der Waals surface area contributed by atoms with Crippen LogP contribution in [0.1, 0.15) is 265 Å². The van der Waals surface area contributed by atoms with Gasteiger partial charge in [0.05, 0.1) is 0 Å². The zero-order valence-corrected chi connectivity index (χ0v) is 46.2. The lowest BCUT2D eigenvalue weighted by Crippen LogP contribution is -2.30. The van der Waals surface area contributed by atoms with Gasteiger partial charge in [-0.15, -0.1) is 0 Å². The molecule has 0 radical (unpaired) electrons. The number of rotatable bonds is 52. The molecule has 0 amide bonds. The van der Waals surface area contributed by atoms with E-state index in [2.05, 4.69) is 130 Å². The van der Waals surface area contributed by atoms with Gasteiger partial charge in [0, 0.05) is 19.3 Å². The lowest BCUT2D eigenvalue weighted by Gasteiger charge is -2.18. The molecule has 0 saturated carbocycles. The first-order valence-electron chi connectivity index (χ1n) is 29.4. The van der Waals surface area contributed by atoms with Crippen LogP contribution in [-0.4, -0.2) is 37.2 Å². The second-order valence-electron chi connectivity index (χ2n) is 19.1. The van der Waals surface area contributed by atoms with E-state index in [-0.39, 0.29) is 31.1 Å². The Bertz CT molecular complexity index is 1460. The fourth-order valence-electron chi connectivity index (χ4n) is 7.89. The molecular formula is C65H108O6. The summed E-state index contributed by atoms with van der Waals surface area (Å²) in [7, 11) is 0. The van der Waals surface area contributed by atoms with Crippen LogP contribution in [0.4, 0.5) is 0 Å². The first-order valence-corrected chi connectivity index (χ1v) is 29.4. The Morgan fingerprint density at radius 2 is 0.549 bits per heavy atom. The Balaban J connectivity index is 4.45. The maximum atomic E-state index is 12.9. The summed E-state index contributed by atoms with van der Waals surface area (Å²) in [5.74, 6) is -0.922. The molecule has 6 heteroatoms. The maximum Gasteiger partial charge on any atom is 0.306 e. The molecule has 0 rings (SSSR count). The van der Waals surface area contributed by atoms with Crippen LogP contribution in [0.25, 0.3) is 0 Å². The average Bonchev–Trinajstić information content (AvgIpc) is 3.37. The lowest BCUT2D eigenvalue weighted by atomic mass is 10.1. The number of esters is 3. The van der Waals surface area contributed by atoms with E-state index in [4.69, 9.17) is 14.2 Å². The lowest BCUT2D eigenvalue weighted by molar-refractivity contribution is -0.167. The molecule has 0 aromatic heterocycles. The van der Waals surface area contributed by atoms with E-state index < -0.39 is 6.10 Å². The van der Waals surface area contributed by atoms with E-state index in [1.807, 2.05) is 0 Å². The minimum Gasteiger partial charge on any atom is -0.462 e. The van der Waals surface area contributed by atoms with Crippen molar-refractivity contribution in [3.8, 4) is 0 Å². The zero-order valence-electron chi connectivity index (χ0n) is 46.2. The van der Waals surface area contributed by atoms with Crippen molar-refractivity contribution in [2.24, 2.45) is 0 Å². The molecule has 0 aliphatic carbocycles. The van der Waals surface area contributed by atoms with Gasteiger partial charge in [-0.05, 0) is 122 Å². The molecule has 1 atom stereocenters. The summed E-state index contributed by atoms with van der Waals surface area (Å²) in [6.07, 6.45) is 79.3. The zero-order chi connectivity index (χ0) is 51.4. The summed E-state index contributed by atoms with van der Waals surface area (Å²) < 4.78 is 16.9. The molecule has 0 aliphatic rings. The Morgan fingerprint density at radius 1 is 0.296 bits per heavy atom. The van der Waals surface area contributed by atoms with Crippen molar-refractivity contribution in [2.45, 2.75) is 271 Å². The number of unbranched alkanes of at least 4 members (excludes halogenated alkanes) is 23. The summed E-state index contributed by atoms with van der Waals surface area (Å²) in [5, 5.41) is 0. The molecular weight excluding hydrogens is 877 g/mol. The summed E-state index contributed by atoms with van der Waals surface area (Å²) in [5.41, 5.74) is 0. The van der Waals surface area contributed by atoms with Gasteiger partial charge >= 0.3 is 17.9 Å². The molecule has 1 unspecified atom stereocenters. The maximum absolute atomic E-state index is 12.9. The quantitative estimate of drug-likeness (QED) is 0.0261. The van der Waals surface area contributed by atoms with E-state index in [1.165, 1.54) is 89.9 Å². The van der Waals surface area contributed by atoms with Crippen LogP contribution in [0.5, 0.6) is 0 Å². The van der Waals surface area contributed by atoms with E-state index in [1.54, 1.807) is 0 Å². The highest BCUT2D eigenvalue weighted by molar-refractivity contribution is 5.71. The fraction of sp³-hybridized carbons (Fsp3) is 0.677. The van der Waals surface area contributed by atoms with Crippen molar-refractivity contribution in [2.75, 3.05) is 13.2 Å². The van der Waals surface area contributed by atoms with Gasteiger partial charge in [-0.3, -0.25) is 14.4 Å². The molecule has 0 saturated heterocycles. The van der Waals surface area contributed by atoms with E-state index in [0.29, 0.717) is 19.3 Å². The van der Waals surface area contributed by atoms with Crippen LogP contribution in [0.3, 0.4) is 0 Å². The van der Waals surface area contributed by atoms with Crippen molar-refractivity contribution in [3.05, 3.63) is 109 Å². The smallest absolute Gasteiger partial charge is 0.306 e. The van der Waals surface area contributed by atoms with Crippen LogP contribution in [0, 0.1) is 0 Å². The molecule has 0 aliphatic heterocycles. The predicted octanol–water partition coefficient (Wildman–Crippen LogP) is 19.9. The molecule has 404 valence electrons. The highest BCUT2D eigenvalue weighted by Crippen LogP contribution is 2.14. The van der Waals surface area contributed by atoms with E-state index >= 15 is 0 Å². The Labute approximate surface area is 438 Å². The number of hydrogen-bond donors (Lipinski definition) is 0. The summed E-state index contributed by atoms with van der Waals surface area (Å²) in [6.45, 7) is 6.38. The van der Waals surface area contributed by atoms with Gasteiger partial charge < -0.3 is 14.2 Å². The normalized spacial score (nSPS) is 12.9. The van der Waals surface area contributed by atoms with Crippen molar-refractivity contribution in [1.29, 1.82) is 0 Å². The van der Waals surface area contributed by atoms with Crippen LogP contribution >= 0.6 is 0 Å². The third kappa shape index (κ3) is 56.9. The molecule has 0 fully saturated rings. The van der Waals surface area contributed by atoms with Crippen LogP contribution in [0.2, 0.25) is 0 Å². The fourth-order valence-corrected chi connectivity index (χ4v) is 7.89. The van der Waals surface area contributed by atoms with Gasteiger partial charge in [0.1, 0.15) is 13.2 Å². The Hall–Kier alpha value is -3.93. The van der Waals surface area contributed by atoms with Crippen molar-refractivity contribution in [1.82, 2.24) is 0 Å². The second kappa shape index (κ2) is 58.6. The third-order valence-corrected chi connectivity index (χ3v) is 12.2. The molecule has 6 nitrogen and oxygen atoms in total. The second-order valence-corrected chi connectivity index (χ2v) is 19.1. The minimum atomic E-state index is -0.796. The number of carbonyl (C=O) groups is 3. The largest absolute Gasteiger partial charge is 0.462 e. The highest BCUT2D eigenvalue weighted by atomic mass is 16.6. The number of hydrogen-bond acceptors (Lipinski definition) is 6. The predicted molar refractivity (Wildman–Crippen MR) is 307 cm³/mol. The van der Waals surface area contributed by atoms with Gasteiger partial charge in [0.2, 0.25) is 0 Å². The summed E-state index contributed by atoms with van der Waals surface area (Å²) in [4.78, 5) is 38.2. The first-order chi connectivity index (χ1) is 35.0. The van der Waals surface area contributed by atoms with Crippen LogP contribution < -0.4 is 0 Å². The van der Waals surface area contributed by atoms with E-state index in [0.717, 1.165) is 135 Å². The van der Waals surface area contributed by atoms with E-state index in [9.17, 15) is 14.4 Å². The molecule has 0 aromatic carbocycles. The minimum absolute atomic E-state index is 0.0920. The number of allylic oxidation sites excluding steroid dienone is 18. The molecule has 0 heterocycles. The Morgan fingerprint density at radius 3 is 0.873 bits per heavy atom. The van der Waals surface area contributed by atoms with Crippen molar-refractivity contribution < 1.29 is 28.6 Å². The van der Waals surface area contributed by atoms with Gasteiger partial charge in [0.25, 0.3) is 0 Å². The molecule has 0 bridgehead atoms. The number of carbonyl (C=O) groups excluding carboxylic acids is 3. The molecule has 0 spiro atoms. The first kappa shape index (κ1) is 67.1. The SMILES string of the molecule is CC/C=C\C/C=C\C/C=C\C/C=C\CCCCCCCCC(=O)OCC(COC(=O)CCCCCCCCC/C=C\CCCCCC)OC(=O)CCCCCCCC/C=C\C/C=C\C/C=C\C/C=C\CC. The topological polar surface area (TPSA) is 78.9 Å². The third-order valence-electron chi connectivity index (χ3n) is 12.2. The highest BCUT2D eigenvalue weighted by Gasteiger charge is 2.19. The summed E-state index contributed by atoms with van der Waals surface area (Å²) >= 11 is 0. The molecule has 0 N–H and O–H groups in total. The molecule has 71 heavy (non-hydrogen) atoms. The summed E-state index contributed by atoms with van der Waals surface area (Å²) in [6, 6.07) is 0. The Kier molecular flexibility index (Phi) is 55.4. The monoisotopic (exact) mass is 985 g/mol. The average molecular weight is 986 g/mol. The van der Waals surface area contributed by atoms with Gasteiger partial charge in [-0.1, -0.05) is 233 Å². The van der Waals surface area contributed by atoms with Crippen LogP contribution in [0.15, 0.2) is 109 Å². The van der Waals surface area contributed by atoms with Crippen molar-refractivity contribution >= 4 is 17.9 Å². The van der Waals surface area contributed by atoms with Crippen molar-refractivity contribution in [3.63, 3.8) is 0 Å². The van der Waals surface area contributed by atoms with Gasteiger partial charge in [0.15, 0.2) is 6.10 Å².